The van der Waals surface area contributed by atoms with Gasteiger partial charge in [0.15, 0.2) is 22.0 Å². The number of hydrogen-bond donors (Lipinski definition) is 0. The van der Waals surface area contributed by atoms with Gasteiger partial charge in [-0.25, -0.2) is 13.2 Å². The first-order valence-corrected chi connectivity index (χ1v) is 13.8. The van der Waals surface area contributed by atoms with Gasteiger partial charge < -0.3 is 14.5 Å². The van der Waals surface area contributed by atoms with Crippen molar-refractivity contribution in [2.75, 3.05) is 13.1 Å². The Bertz CT molecular complexity index is 1410. The van der Waals surface area contributed by atoms with E-state index in [-0.39, 0.29) is 25.0 Å². The van der Waals surface area contributed by atoms with Gasteiger partial charge in [-0.2, -0.15) is 13.2 Å². The zero-order chi connectivity index (χ0) is 28.2. The first-order valence-electron chi connectivity index (χ1n) is 12.3. The lowest BCUT2D eigenvalue weighted by Gasteiger charge is -2.37. The third kappa shape index (κ3) is 4.60. The summed E-state index contributed by atoms with van der Waals surface area (Å²) < 4.78 is 69.8. The smallest absolute Gasteiger partial charge is 0.406 e. The molecule has 3 aliphatic heterocycles. The first kappa shape index (κ1) is 26.9. The normalized spacial score (nSPS) is 27.2. The van der Waals surface area contributed by atoms with Gasteiger partial charge in [0.1, 0.15) is 16.7 Å². The Hall–Kier alpha value is -3.67. The number of amides is 2. The van der Waals surface area contributed by atoms with E-state index in [9.17, 15) is 36.0 Å². The number of nitrogens with zero attached hydrogens (tertiary/aromatic N) is 2. The van der Waals surface area contributed by atoms with Gasteiger partial charge in [-0.15, -0.1) is 0 Å². The molecule has 3 fully saturated rings. The van der Waals surface area contributed by atoms with Gasteiger partial charge in [-0.1, -0.05) is 66.7 Å². The van der Waals surface area contributed by atoms with Crippen LogP contribution >= 0.6 is 0 Å². The lowest BCUT2D eigenvalue weighted by Crippen LogP contribution is -2.57. The Morgan fingerprint density at radius 2 is 1.64 bits per heavy atom. The van der Waals surface area contributed by atoms with Crippen LogP contribution in [0.3, 0.4) is 0 Å². The van der Waals surface area contributed by atoms with E-state index >= 15 is 0 Å². The van der Waals surface area contributed by atoms with Crippen LogP contribution in [0.5, 0.6) is 0 Å². The van der Waals surface area contributed by atoms with Crippen LogP contribution in [-0.2, 0) is 29.0 Å². The van der Waals surface area contributed by atoms with Crippen molar-refractivity contribution in [3.63, 3.8) is 0 Å². The second kappa shape index (κ2) is 9.51. The van der Waals surface area contributed by atoms with Crippen LogP contribution in [0.15, 0.2) is 72.3 Å². The Balaban J connectivity index is 1.52. The molecule has 2 aromatic carbocycles. The molecule has 2 aromatic rings. The number of benzene rings is 2. The summed E-state index contributed by atoms with van der Waals surface area (Å²) in [5.74, 6) is -2.52. The molecule has 0 N–H and O–H groups in total. The minimum atomic E-state index is -4.62. The Morgan fingerprint density at radius 1 is 1.08 bits per heavy atom. The monoisotopic (exact) mass is 562 g/mol. The van der Waals surface area contributed by atoms with Gasteiger partial charge in [0.2, 0.25) is 11.8 Å². The molecular formula is C27H25F3N2O6S. The summed E-state index contributed by atoms with van der Waals surface area (Å²) in [6.45, 7) is -0.501. The molecule has 206 valence electrons. The van der Waals surface area contributed by atoms with Crippen LogP contribution in [0.25, 0.3) is 0 Å². The number of alkyl halides is 3. The van der Waals surface area contributed by atoms with E-state index in [4.69, 9.17) is 4.74 Å². The molecule has 0 unspecified atom stereocenters. The van der Waals surface area contributed by atoms with Gasteiger partial charge in [0.25, 0.3) is 0 Å². The molecule has 5 rings (SSSR count). The number of carbonyl (C=O) groups is 3. The summed E-state index contributed by atoms with van der Waals surface area (Å²) in [6.07, 6.45) is -4.96. The van der Waals surface area contributed by atoms with Crippen LogP contribution in [-0.4, -0.2) is 71.4 Å². The van der Waals surface area contributed by atoms with Crippen LogP contribution < -0.4 is 0 Å². The molecule has 3 heterocycles. The van der Waals surface area contributed by atoms with Crippen molar-refractivity contribution >= 4 is 27.6 Å². The summed E-state index contributed by atoms with van der Waals surface area (Å²) in [5, 5.41) is -1.29. The SMILES string of the molecule is C[C@]1(/C=C2\CCN(CC(F)(F)F)C2=O)[C@H](C(=O)OC(c2ccccc2)c2ccccc2)N2C(=O)C[C@H]2S1(=O)=O. The number of fused-ring (bicyclic) bond motifs is 1. The van der Waals surface area contributed by atoms with Gasteiger partial charge in [0, 0.05) is 12.1 Å². The molecule has 0 radical (unpaired) electrons. The van der Waals surface area contributed by atoms with Crippen molar-refractivity contribution in [2.45, 2.75) is 48.2 Å². The van der Waals surface area contributed by atoms with Crippen LogP contribution in [0.2, 0.25) is 0 Å². The predicted octanol–water partition coefficient (Wildman–Crippen LogP) is 3.15. The van der Waals surface area contributed by atoms with Crippen molar-refractivity contribution in [3.8, 4) is 0 Å². The molecule has 8 nitrogen and oxygen atoms in total. The average Bonchev–Trinajstić information content (AvgIpc) is 3.27. The lowest BCUT2D eigenvalue weighted by atomic mass is 9.93. The summed E-state index contributed by atoms with van der Waals surface area (Å²) >= 11 is 0. The number of sulfone groups is 1. The zero-order valence-electron chi connectivity index (χ0n) is 20.8. The fraction of sp³-hybridized carbons (Fsp3) is 0.370. The molecule has 3 saturated heterocycles. The van der Waals surface area contributed by atoms with E-state index in [1.807, 2.05) is 0 Å². The molecule has 12 heteroatoms. The predicted molar refractivity (Wildman–Crippen MR) is 133 cm³/mol. The summed E-state index contributed by atoms with van der Waals surface area (Å²) in [4.78, 5) is 40.7. The van der Waals surface area contributed by atoms with Crippen molar-refractivity contribution in [2.24, 2.45) is 0 Å². The highest BCUT2D eigenvalue weighted by Crippen LogP contribution is 2.48. The number of hydrogen-bond acceptors (Lipinski definition) is 6. The van der Waals surface area contributed by atoms with E-state index in [2.05, 4.69) is 0 Å². The number of ether oxygens (including phenoxy) is 1. The number of esters is 1. The van der Waals surface area contributed by atoms with Crippen molar-refractivity contribution in [1.29, 1.82) is 0 Å². The average molecular weight is 563 g/mol. The first-order chi connectivity index (χ1) is 18.3. The molecule has 0 aromatic heterocycles. The van der Waals surface area contributed by atoms with E-state index in [0.29, 0.717) is 16.0 Å². The molecule has 2 amide bonds. The van der Waals surface area contributed by atoms with Crippen LogP contribution in [0.1, 0.15) is 37.0 Å². The quantitative estimate of drug-likeness (QED) is 0.305. The highest BCUT2D eigenvalue weighted by molar-refractivity contribution is 7.94. The topological polar surface area (TPSA) is 101 Å². The highest BCUT2D eigenvalue weighted by Gasteiger charge is 2.69. The van der Waals surface area contributed by atoms with E-state index in [1.165, 1.54) is 6.92 Å². The molecule has 0 spiro atoms. The molecule has 0 aliphatic carbocycles. The standard InChI is InChI=1S/C27H25F3N2O6S/c1-26(15-19-12-13-31(24(19)34)16-27(28,29)30)23(32-20(33)14-21(32)39(26,36)37)25(35)38-22(17-8-4-2-5-9-17)18-10-6-3-7-11-18/h2-11,15,21-23H,12-14,16H2,1H3/b19-15+/t21-,23+,26+/m1/s1. The number of β-lactam (4-membered cyclic amide) rings is 1. The largest absolute Gasteiger partial charge is 0.451 e. The molecule has 39 heavy (non-hydrogen) atoms. The summed E-state index contributed by atoms with van der Waals surface area (Å²) in [7, 11) is -4.25. The second-order valence-electron chi connectivity index (χ2n) is 9.99. The highest BCUT2D eigenvalue weighted by atomic mass is 32.2. The van der Waals surface area contributed by atoms with Crippen molar-refractivity contribution in [1.82, 2.24) is 9.80 Å². The van der Waals surface area contributed by atoms with E-state index in [1.54, 1.807) is 60.7 Å². The van der Waals surface area contributed by atoms with Crippen LogP contribution in [0, 0.1) is 0 Å². The van der Waals surface area contributed by atoms with Crippen molar-refractivity contribution in [3.05, 3.63) is 83.4 Å². The minimum Gasteiger partial charge on any atom is -0.451 e. The number of carbonyl (C=O) groups excluding carboxylic acids is 3. The zero-order valence-corrected chi connectivity index (χ0v) is 21.6. The maximum absolute atomic E-state index is 13.8. The van der Waals surface area contributed by atoms with Gasteiger partial charge >= 0.3 is 12.1 Å². The fourth-order valence-electron chi connectivity index (χ4n) is 5.48. The number of rotatable bonds is 6. The van der Waals surface area contributed by atoms with Crippen LogP contribution in [0.4, 0.5) is 13.2 Å². The second-order valence-corrected chi connectivity index (χ2v) is 12.5. The Morgan fingerprint density at radius 3 is 2.15 bits per heavy atom. The third-order valence-corrected chi connectivity index (χ3v) is 10.1. The fourth-order valence-corrected chi connectivity index (χ4v) is 7.80. The van der Waals surface area contributed by atoms with E-state index < -0.39 is 62.6 Å². The van der Waals surface area contributed by atoms with Crippen molar-refractivity contribution < 1.29 is 40.7 Å². The van der Waals surface area contributed by atoms with E-state index in [0.717, 1.165) is 11.0 Å². The minimum absolute atomic E-state index is 0.128. The molecule has 3 atom stereocenters. The van der Waals surface area contributed by atoms with Gasteiger partial charge in [-0.3, -0.25) is 9.59 Å². The van der Waals surface area contributed by atoms with Gasteiger partial charge in [0.05, 0.1) is 6.42 Å². The molecule has 3 aliphatic rings. The molecule has 0 saturated carbocycles. The number of halogens is 3. The molecule has 0 bridgehead atoms. The Labute approximate surface area is 222 Å². The van der Waals surface area contributed by atoms with Gasteiger partial charge in [-0.05, 0) is 24.5 Å². The maximum atomic E-state index is 13.8. The number of likely N-dealkylation sites (tertiary alicyclic amines) is 1. The summed E-state index contributed by atoms with van der Waals surface area (Å²) in [5.41, 5.74) is 1.07. The summed E-state index contributed by atoms with van der Waals surface area (Å²) in [6, 6.07) is 15.9. The lowest BCUT2D eigenvalue weighted by molar-refractivity contribution is -0.163. The Kier molecular flexibility index (Phi) is 6.56. The maximum Gasteiger partial charge on any atom is 0.406 e. The third-order valence-electron chi connectivity index (χ3n) is 7.45. The molecular weight excluding hydrogens is 537 g/mol.